The van der Waals surface area contributed by atoms with Crippen LogP contribution in [0, 0.1) is 12.7 Å². The Bertz CT molecular complexity index is 763. The van der Waals surface area contributed by atoms with E-state index in [1.807, 2.05) is 0 Å². The predicted molar refractivity (Wildman–Crippen MR) is 80.5 cm³/mol. The van der Waals surface area contributed by atoms with Crippen LogP contribution in [0.5, 0.6) is 0 Å². The van der Waals surface area contributed by atoms with Crippen LogP contribution in [-0.4, -0.2) is 8.42 Å². The highest BCUT2D eigenvalue weighted by Gasteiger charge is 2.18. The van der Waals surface area contributed by atoms with E-state index in [1.54, 1.807) is 12.1 Å². The number of rotatable bonds is 3. The van der Waals surface area contributed by atoms with Gasteiger partial charge in [-0.1, -0.05) is 0 Å². The summed E-state index contributed by atoms with van der Waals surface area (Å²) in [6.07, 6.45) is 0. The quantitative estimate of drug-likeness (QED) is 0.827. The van der Waals surface area contributed by atoms with Crippen LogP contribution in [-0.2, 0) is 10.0 Å². The minimum Gasteiger partial charge on any atom is -0.399 e. The molecule has 3 N–H and O–H groups in total. The van der Waals surface area contributed by atoms with E-state index in [4.69, 9.17) is 5.73 Å². The molecule has 0 radical (unpaired) electrons. The number of sulfonamides is 1. The van der Waals surface area contributed by atoms with E-state index in [2.05, 4.69) is 20.7 Å². The molecule has 0 spiro atoms. The normalized spacial score (nSPS) is 11.3. The third kappa shape index (κ3) is 3.10. The molecule has 0 unspecified atom stereocenters. The monoisotopic (exact) mass is 358 g/mol. The summed E-state index contributed by atoms with van der Waals surface area (Å²) in [5.41, 5.74) is 6.72. The van der Waals surface area contributed by atoms with Gasteiger partial charge in [-0.2, -0.15) is 0 Å². The van der Waals surface area contributed by atoms with E-state index in [0.717, 1.165) is 6.07 Å². The zero-order chi connectivity index (χ0) is 14.9. The summed E-state index contributed by atoms with van der Waals surface area (Å²) in [6.45, 7) is 1.53. The highest BCUT2D eigenvalue weighted by atomic mass is 79.9. The number of halogens is 2. The topological polar surface area (TPSA) is 72.2 Å². The van der Waals surface area contributed by atoms with Crippen LogP contribution in [0.3, 0.4) is 0 Å². The van der Waals surface area contributed by atoms with Crippen molar-refractivity contribution in [2.45, 2.75) is 11.8 Å². The number of nitrogen functional groups attached to an aromatic ring is 1. The van der Waals surface area contributed by atoms with Crippen LogP contribution in [0.15, 0.2) is 45.8 Å². The number of anilines is 2. The lowest BCUT2D eigenvalue weighted by Crippen LogP contribution is -2.15. The van der Waals surface area contributed by atoms with Crippen molar-refractivity contribution in [3.63, 3.8) is 0 Å². The fraction of sp³-hybridized carbons (Fsp3) is 0.0769. The minimum atomic E-state index is -3.80. The summed E-state index contributed by atoms with van der Waals surface area (Å²) in [6, 6.07) is 8.29. The molecule has 2 aromatic rings. The van der Waals surface area contributed by atoms with E-state index in [1.165, 1.54) is 25.1 Å². The molecule has 106 valence electrons. The number of aryl methyl sites for hydroxylation is 1. The van der Waals surface area contributed by atoms with Gasteiger partial charge >= 0.3 is 0 Å². The summed E-state index contributed by atoms with van der Waals surface area (Å²) >= 11 is 3.24. The van der Waals surface area contributed by atoms with E-state index < -0.39 is 15.8 Å². The second kappa shape index (κ2) is 5.41. The Morgan fingerprint density at radius 1 is 1.20 bits per heavy atom. The molecule has 20 heavy (non-hydrogen) atoms. The van der Waals surface area contributed by atoms with E-state index >= 15 is 0 Å². The van der Waals surface area contributed by atoms with Crippen molar-refractivity contribution in [1.29, 1.82) is 0 Å². The van der Waals surface area contributed by atoms with Crippen molar-refractivity contribution in [2.24, 2.45) is 0 Å². The van der Waals surface area contributed by atoms with E-state index in [0.29, 0.717) is 21.4 Å². The molecular formula is C13H12BrFN2O2S. The summed E-state index contributed by atoms with van der Waals surface area (Å²) in [5, 5.41) is 0. The van der Waals surface area contributed by atoms with Gasteiger partial charge in [0.25, 0.3) is 10.0 Å². The Morgan fingerprint density at radius 3 is 2.55 bits per heavy atom. The van der Waals surface area contributed by atoms with Gasteiger partial charge in [0.2, 0.25) is 0 Å². The van der Waals surface area contributed by atoms with Crippen molar-refractivity contribution in [1.82, 2.24) is 0 Å². The SMILES string of the molecule is Cc1cc(F)ccc1S(=O)(=O)Nc1cc(N)ccc1Br. The highest BCUT2D eigenvalue weighted by molar-refractivity contribution is 9.10. The zero-order valence-corrected chi connectivity index (χ0v) is 12.9. The van der Waals surface area contributed by atoms with Gasteiger partial charge in [-0.3, -0.25) is 4.72 Å². The number of nitrogens with two attached hydrogens (primary N) is 1. The number of hydrogen-bond acceptors (Lipinski definition) is 3. The molecule has 4 nitrogen and oxygen atoms in total. The van der Waals surface area contributed by atoms with Crippen molar-refractivity contribution < 1.29 is 12.8 Å². The summed E-state index contributed by atoms with van der Waals surface area (Å²) < 4.78 is 40.6. The molecule has 0 aliphatic rings. The van der Waals surface area contributed by atoms with Crippen LogP contribution in [0.4, 0.5) is 15.8 Å². The number of benzene rings is 2. The van der Waals surface area contributed by atoms with Gasteiger partial charge in [0.15, 0.2) is 0 Å². The fourth-order valence-corrected chi connectivity index (χ4v) is 3.51. The molecule has 0 heterocycles. The van der Waals surface area contributed by atoms with Crippen LogP contribution in [0.25, 0.3) is 0 Å². The van der Waals surface area contributed by atoms with Crippen LogP contribution < -0.4 is 10.5 Å². The molecule has 7 heteroatoms. The average Bonchev–Trinajstić information content (AvgIpc) is 2.33. The Morgan fingerprint density at radius 2 is 1.90 bits per heavy atom. The first-order valence-corrected chi connectivity index (χ1v) is 7.91. The smallest absolute Gasteiger partial charge is 0.262 e. The fourth-order valence-electron chi connectivity index (χ4n) is 1.74. The standard InChI is InChI=1S/C13H12BrFN2O2S/c1-8-6-9(15)2-5-13(8)20(18,19)17-12-7-10(16)3-4-11(12)14/h2-7,17H,16H2,1H3. The first-order chi connectivity index (χ1) is 9.29. The van der Waals surface area contributed by atoms with E-state index in [-0.39, 0.29) is 4.90 Å². The molecule has 0 amide bonds. The van der Waals surface area contributed by atoms with Crippen LogP contribution in [0.2, 0.25) is 0 Å². The molecule has 2 rings (SSSR count). The maximum Gasteiger partial charge on any atom is 0.262 e. The lowest BCUT2D eigenvalue weighted by atomic mass is 10.2. The van der Waals surface area contributed by atoms with E-state index in [9.17, 15) is 12.8 Å². The molecule has 2 aromatic carbocycles. The summed E-state index contributed by atoms with van der Waals surface area (Å²) in [4.78, 5) is 0.0215. The van der Waals surface area contributed by atoms with Crippen molar-refractivity contribution in [3.05, 3.63) is 52.3 Å². The highest BCUT2D eigenvalue weighted by Crippen LogP contribution is 2.28. The Kier molecular flexibility index (Phi) is 4.01. The molecule has 0 saturated heterocycles. The van der Waals surface area contributed by atoms with Crippen molar-refractivity contribution in [3.8, 4) is 0 Å². The number of nitrogens with one attached hydrogen (secondary N) is 1. The maximum absolute atomic E-state index is 13.0. The Labute approximate surface area is 125 Å². The molecule has 0 fully saturated rings. The zero-order valence-electron chi connectivity index (χ0n) is 10.5. The molecule has 0 bridgehead atoms. The maximum atomic E-state index is 13.0. The largest absolute Gasteiger partial charge is 0.399 e. The second-order valence-electron chi connectivity index (χ2n) is 4.25. The summed E-state index contributed by atoms with van der Waals surface area (Å²) in [5.74, 6) is -0.480. The van der Waals surface area contributed by atoms with Gasteiger partial charge in [0.1, 0.15) is 5.82 Å². The lowest BCUT2D eigenvalue weighted by molar-refractivity contribution is 0.598. The molecule has 0 aliphatic carbocycles. The average molecular weight is 359 g/mol. The third-order valence-corrected chi connectivity index (χ3v) is 4.88. The molecular weight excluding hydrogens is 347 g/mol. The lowest BCUT2D eigenvalue weighted by Gasteiger charge is -2.12. The molecule has 0 saturated carbocycles. The van der Waals surface area contributed by atoms with Gasteiger partial charge in [-0.25, -0.2) is 12.8 Å². The van der Waals surface area contributed by atoms with Gasteiger partial charge < -0.3 is 5.73 Å². The first-order valence-electron chi connectivity index (χ1n) is 5.63. The summed E-state index contributed by atoms with van der Waals surface area (Å²) in [7, 11) is -3.80. The van der Waals surface area contributed by atoms with Crippen LogP contribution in [0.1, 0.15) is 5.56 Å². The van der Waals surface area contributed by atoms with Gasteiger partial charge in [0, 0.05) is 10.2 Å². The minimum absolute atomic E-state index is 0.0215. The molecule has 0 aliphatic heterocycles. The van der Waals surface area contributed by atoms with Gasteiger partial charge in [-0.05, 0) is 64.8 Å². The van der Waals surface area contributed by atoms with Gasteiger partial charge in [-0.15, -0.1) is 0 Å². The molecule has 0 atom stereocenters. The predicted octanol–water partition coefficient (Wildman–Crippen LogP) is 3.28. The Hall–Kier alpha value is -1.60. The van der Waals surface area contributed by atoms with Crippen LogP contribution >= 0.6 is 15.9 Å². The first kappa shape index (κ1) is 14.8. The van der Waals surface area contributed by atoms with Gasteiger partial charge in [0.05, 0.1) is 10.6 Å². The third-order valence-electron chi connectivity index (χ3n) is 2.66. The van der Waals surface area contributed by atoms with Crippen molar-refractivity contribution in [2.75, 3.05) is 10.5 Å². The second-order valence-corrected chi connectivity index (χ2v) is 6.76. The van der Waals surface area contributed by atoms with Crippen molar-refractivity contribution >= 4 is 37.3 Å². The number of hydrogen-bond donors (Lipinski definition) is 2. The molecule has 0 aromatic heterocycles. The Balaban J connectivity index is 2.43.